The number of aryl methyl sites for hydroxylation is 1. The first-order valence-electron chi connectivity index (χ1n) is 13.7. The van der Waals surface area contributed by atoms with Crippen LogP contribution in [0.2, 0.25) is 0 Å². The Kier molecular flexibility index (Phi) is 6.30. The van der Waals surface area contributed by atoms with Crippen LogP contribution < -0.4 is 4.90 Å². The number of carbonyl (C=O) groups excluding carboxylic acids is 1. The lowest BCUT2D eigenvalue weighted by molar-refractivity contribution is -0.146. The molecule has 0 spiro atoms. The third-order valence-corrected chi connectivity index (χ3v) is 8.18. The number of hydrogen-bond donors (Lipinski definition) is 0. The molecule has 0 bridgehead atoms. The van der Waals surface area contributed by atoms with Gasteiger partial charge in [0.25, 0.3) is 0 Å². The lowest BCUT2D eigenvalue weighted by atomic mass is 9.93. The predicted octanol–water partition coefficient (Wildman–Crippen LogP) is 7.29. The van der Waals surface area contributed by atoms with E-state index in [0.29, 0.717) is 18.6 Å². The Labute approximate surface area is 224 Å². The third-order valence-electron chi connectivity index (χ3n) is 8.18. The number of anilines is 1. The Morgan fingerprint density at radius 2 is 1.58 bits per heavy atom. The second-order valence-corrected chi connectivity index (χ2v) is 10.5. The minimum Gasteiger partial charge on any atom is -0.465 e. The number of esters is 1. The van der Waals surface area contributed by atoms with E-state index >= 15 is 0 Å². The molecule has 2 fully saturated rings. The number of likely N-dealkylation sites (N-methyl/N-ethyl adjacent to an activating group) is 1. The monoisotopic (exact) mass is 506 g/mol. The van der Waals surface area contributed by atoms with Gasteiger partial charge < -0.3 is 14.2 Å². The zero-order chi connectivity index (χ0) is 26.3. The predicted molar refractivity (Wildman–Crippen MR) is 150 cm³/mol. The van der Waals surface area contributed by atoms with E-state index in [1.165, 1.54) is 5.56 Å². The molecular formula is C33H34N2O3. The molecule has 0 N–H and O–H groups in total. The van der Waals surface area contributed by atoms with Crippen LogP contribution in [0, 0.1) is 6.92 Å². The highest BCUT2D eigenvalue weighted by Crippen LogP contribution is 2.50. The van der Waals surface area contributed by atoms with Crippen molar-refractivity contribution in [1.82, 2.24) is 5.16 Å². The molecule has 2 aliphatic carbocycles. The van der Waals surface area contributed by atoms with Crippen molar-refractivity contribution in [2.75, 3.05) is 18.1 Å². The number of aromatic nitrogens is 1. The molecule has 0 aliphatic heterocycles. The second-order valence-electron chi connectivity index (χ2n) is 10.5. The summed E-state index contributed by atoms with van der Waals surface area (Å²) >= 11 is 0. The molecule has 6 rings (SSSR count). The van der Waals surface area contributed by atoms with Gasteiger partial charge in [0, 0.05) is 24.1 Å². The van der Waals surface area contributed by atoms with E-state index in [1.54, 1.807) is 0 Å². The van der Waals surface area contributed by atoms with E-state index in [-0.39, 0.29) is 5.97 Å². The van der Waals surface area contributed by atoms with Crippen molar-refractivity contribution in [3.05, 3.63) is 95.7 Å². The molecule has 2 saturated carbocycles. The Balaban J connectivity index is 1.22. The first kappa shape index (κ1) is 24.5. The molecular weight excluding hydrogens is 472 g/mol. The zero-order valence-electron chi connectivity index (χ0n) is 22.3. The summed E-state index contributed by atoms with van der Waals surface area (Å²) in [6.07, 6.45) is 2.87. The second kappa shape index (κ2) is 9.79. The van der Waals surface area contributed by atoms with Crippen LogP contribution in [-0.2, 0) is 14.9 Å². The summed E-state index contributed by atoms with van der Waals surface area (Å²) in [6, 6.07) is 28.1. The summed E-state index contributed by atoms with van der Waals surface area (Å²) in [5.74, 6) is 1.27. The van der Waals surface area contributed by atoms with E-state index in [2.05, 4.69) is 95.8 Å². The van der Waals surface area contributed by atoms with E-state index < -0.39 is 5.41 Å². The molecule has 1 heterocycles. The highest BCUT2D eigenvalue weighted by Gasteiger charge is 2.52. The van der Waals surface area contributed by atoms with Crippen LogP contribution in [0.5, 0.6) is 0 Å². The van der Waals surface area contributed by atoms with Gasteiger partial charge in [0.1, 0.15) is 11.4 Å². The Morgan fingerprint density at radius 1 is 0.947 bits per heavy atom. The zero-order valence-corrected chi connectivity index (χ0v) is 22.3. The largest absolute Gasteiger partial charge is 0.465 e. The summed E-state index contributed by atoms with van der Waals surface area (Å²) < 4.78 is 11.2. The number of ether oxygens (including phenoxy) is 1. The van der Waals surface area contributed by atoms with Crippen molar-refractivity contribution in [2.45, 2.75) is 57.4 Å². The highest BCUT2D eigenvalue weighted by molar-refractivity contribution is 5.87. The fourth-order valence-electron chi connectivity index (χ4n) is 5.84. The Morgan fingerprint density at radius 3 is 2.18 bits per heavy atom. The van der Waals surface area contributed by atoms with Crippen molar-refractivity contribution in [2.24, 2.45) is 0 Å². The lowest BCUT2D eigenvalue weighted by Gasteiger charge is -2.23. The van der Waals surface area contributed by atoms with E-state index in [0.717, 1.165) is 65.2 Å². The number of hydrogen-bond acceptors (Lipinski definition) is 5. The summed E-state index contributed by atoms with van der Waals surface area (Å²) in [5, 5.41) is 4.36. The van der Waals surface area contributed by atoms with Crippen LogP contribution in [0.1, 0.15) is 55.8 Å². The molecule has 2 aliphatic rings. The Bertz CT molecular complexity index is 1420. The molecule has 2 unspecified atom stereocenters. The number of benzene rings is 3. The number of carbonyl (C=O) groups is 1. The minimum absolute atomic E-state index is 0.0994. The average molecular weight is 507 g/mol. The van der Waals surface area contributed by atoms with Gasteiger partial charge in [-0.3, -0.25) is 4.79 Å². The van der Waals surface area contributed by atoms with Crippen molar-refractivity contribution in [3.8, 4) is 22.5 Å². The van der Waals surface area contributed by atoms with E-state index in [4.69, 9.17) is 9.26 Å². The Hall–Kier alpha value is -3.86. The molecule has 0 saturated heterocycles. The molecule has 38 heavy (non-hydrogen) atoms. The summed E-state index contributed by atoms with van der Waals surface area (Å²) in [4.78, 5) is 14.9. The van der Waals surface area contributed by atoms with Gasteiger partial charge in [-0.1, -0.05) is 84.0 Å². The van der Waals surface area contributed by atoms with E-state index in [1.807, 2.05) is 13.8 Å². The van der Waals surface area contributed by atoms with Crippen LogP contribution in [-0.4, -0.2) is 30.3 Å². The smallest absolute Gasteiger partial charge is 0.316 e. The molecule has 1 aromatic heterocycles. The van der Waals surface area contributed by atoms with Crippen molar-refractivity contribution >= 4 is 11.7 Å². The van der Waals surface area contributed by atoms with Crippen LogP contribution in [0.4, 0.5) is 5.69 Å². The minimum atomic E-state index is -0.439. The van der Waals surface area contributed by atoms with Gasteiger partial charge in [-0.2, -0.15) is 0 Å². The van der Waals surface area contributed by atoms with Crippen LogP contribution in [0.3, 0.4) is 0 Å². The van der Waals surface area contributed by atoms with Gasteiger partial charge >= 0.3 is 5.97 Å². The maximum Gasteiger partial charge on any atom is 0.316 e. The molecule has 0 amide bonds. The fraction of sp³-hybridized carbons (Fsp3) is 0.333. The van der Waals surface area contributed by atoms with Crippen LogP contribution in [0.25, 0.3) is 22.5 Å². The highest BCUT2D eigenvalue weighted by atomic mass is 16.5. The quantitative estimate of drug-likeness (QED) is 0.223. The number of nitrogens with zero attached hydrogens (tertiary/aromatic N) is 2. The fourth-order valence-corrected chi connectivity index (χ4v) is 5.84. The summed E-state index contributed by atoms with van der Waals surface area (Å²) in [6.45, 7) is 7.42. The first-order chi connectivity index (χ1) is 18.6. The summed E-state index contributed by atoms with van der Waals surface area (Å²) in [7, 11) is 0. The van der Waals surface area contributed by atoms with Crippen molar-refractivity contribution in [3.63, 3.8) is 0 Å². The molecule has 0 radical (unpaired) electrons. The molecule has 194 valence electrons. The van der Waals surface area contributed by atoms with Crippen LogP contribution >= 0.6 is 0 Å². The molecule has 4 aromatic rings. The SMILES string of the molecule is CCOC(=O)C1(c2ccc(-c3ccc(-c4onc(C)c4N(CC)C4CC4c4ccccc4)cc3)cc2)CC1. The van der Waals surface area contributed by atoms with Crippen molar-refractivity contribution < 1.29 is 14.1 Å². The van der Waals surface area contributed by atoms with Gasteiger partial charge in [-0.25, -0.2) is 0 Å². The average Bonchev–Trinajstić information content (AvgIpc) is 3.88. The first-order valence-corrected chi connectivity index (χ1v) is 13.7. The number of rotatable bonds is 9. The molecule has 3 aromatic carbocycles. The third kappa shape index (κ3) is 4.30. The van der Waals surface area contributed by atoms with Gasteiger partial charge in [0.2, 0.25) is 0 Å². The maximum absolute atomic E-state index is 12.5. The molecule has 2 atom stereocenters. The van der Waals surface area contributed by atoms with Crippen molar-refractivity contribution in [1.29, 1.82) is 0 Å². The standard InChI is InChI=1S/C33H34N2O3/c1-4-35(29-21-28(29)25-9-7-6-8-10-25)30-22(3)34-38-31(30)26-13-11-23(12-14-26)24-15-17-27(18-16-24)33(19-20-33)32(36)37-5-2/h6-18,28-29H,4-5,19-21H2,1-3H3. The van der Waals surface area contributed by atoms with Gasteiger partial charge in [0.05, 0.1) is 12.0 Å². The normalized spacial score (nSPS) is 19.1. The van der Waals surface area contributed by atoms with Crippen LogP contribution in [0.15, 0.2) is 83.4 Å². The van der Waals surface area contributed by atoms with Gasteiger partial charge in [-0.05, 0) is 62.3 Å². The maximum atomic E-state index is 12.5. The summed E-state index contributed by atoms with van der Waals surface area (Å²) in [5.41, 5.74) is 7.30. The molecule has 5 heteroatoms. The van der Waals surface area contributed by atoms with E-state index in [9.17, 15) is 4.79 Å². The topological polar surface area (TPSA) is 55.6 Å². The van der Waals surface area contributed by atoms with Gasteiger partial charge in [-0.15, -0.1) is 0 Å². The van der Waals surface area contributed by atoms with Gasteiger partial charge in [0.15, 0.2) is 5.76 Å². The lowest BCUT2D eigenvalue weighted by Crippen LogP contribution is -2.27. The molecule has 5 nitrogen and oxygen atoms in total.